The molecule has 162 valence electrons. The summed E-state index contributed by atoms with van der Waals surface area (Å²) in [6, 6.07) is 6.50. The van der Waals surface area contributed by atoms with Crippen molar-refractivity contribution >= 4 is 11.9 Å². The molecule has 0 bridgehead atoms. The van der Waals surface area contributed by atoms with E-state index in [2.05, 4.69) is 34.7 Å². The number of hydrogen-bond donors (Lipinski definition) is 2. The van der Waals surface area contributed by atoms with E-state index in [-0.39, 0.29) is 5.91 Å². The van der Waals surface area contributed by atoms with E-state index in [1.165, 1.54) is 6.42 Å². The molecule has 0 saturated carbocycles. The zero-order chi connectivity index (χ0) is 21.1. The topological polar surface area (TPSA) is 75.2 Å². The minimum Gasteiger partial charge on any atom is -0.491 e. The maximum Gasteiger partial charge on any atom is 0.224 e. The molecule has 2 N–H and O–H groups in total. The number of guanidine groups is 1. The van der Waals surface area contributed by atoms with Gasteiger partial charge in [0.2, 0.25) is 5.91 Å². The molecule has 0 aromatic heterocycles. The van der Waals surface area contributed by atoms with Crippen LogP contribution in [0.3, 0.4) is 0 Å². The number of methoxy groups -OCH3 is 1. The largest absolute Gasteiger partial charge is 0.491 e. The Morgan fingerprint density at radius 3 is 2.83 bits per heavy atom. The summed E-state index contributed by atoms with van der Waals surface area (Å²) in [5, 5.41) is 6.54. The molecule has 1 aliphatic rings. The van der Waals surface area contributed by atoms with Crippen LogP contribution in [0, 0.1) is 6.92 Å². The molecule has 0 spiro atoms. The summed E-state index contributed by atoms with van der Waals surface area (Å²) in [4.78, 5) is 18.7. The van der Waals surface area contributed by atoms with Gasteiger partial charge >= 0.3 is 0 Å². The highest BCUT2D eigenvalue weighted by Gasteiger charge is 2.22. The third-order valence-electron chi connectivity index (χ3n) is 5.19. The van der Waals surface area contributed by atoms with Crippen LogP contribution in [-0.4, -0.2) is 63.3 Å². The molecule has 2 rings (SSSR count). The number of nitrogens with zero attached hydrogens (tertiary/aromatic N) is 2. The Morgan fingerprint density at radius 2 is 2.10 bits per heavy atom. The Labute approximate surface area is 174 Å². The van der Waals surface area contributed by atoms with Crippen LogP contribution in [0.2, 0.25) is 0 Å². The zero-order valence-electron chi connectivity index (χ0n) is 18.3. The second kappa shape index (κ2) is 12.3. The van der Waals surface area contributed by atoms with Crippen LogP contribution in [0.4, 0.5) is 0 Å². The lowest BCUT2D eigenvalue weighted by molar-refractivity contribution is -0.134. The summed E-state index contributed by atoms with van der Waals surface area (Å²) in [7, 11) is 3.39. The smallest absolute Gasteiger partial charge is 0.224 e. The standard InChI is InChI=1S/C22H36N4O3/c1-17-8-9-19(20(15-17)29-14-13-28-4)16-25-22(23-3)24-11-10-21(27)26-12-6-5-7-18(26)2/h8-9,15,18H,5-7,10-14,16H2,1-4H3,(H2,23,24,25). The van der Waals surface area contributed by atoms with Gasteiger partial charge in [0.25, 0.3) is 0 Å². The molecule has 1 aliphatic heterocycles. The van der Waals surface area contributed by atoms with Gasteiger partial charge < -0.3 is 25.0 Å². The number of piperidine rings is 1. The summed E-state index contributed by atoms with van der Waals surface area (Å²) >= 11 is 0. The predicted molar refractivity (Wildman–Crippen MR) is 116 cm³/mol. The lowest BCUT2D eigenvalue weighted by Gasteiger charge is -2.33. The average Bonchev–Trinajstić information content (AvgIpc) is 2.72. The van der Waals surface area contributed by atoms with Crippen LogP contribution in [0.25, 0.3) is 0 Å². The highest BCUT2D eigenvalue weighted by molar-refractivity contribution is 5.81. The number of hydrogen-bond acceptors (Lipinski definition) is 4. The third kappa shape index (κ3) is 7.57. The molecule has 1 amide bonds. The van der Waals surface area contributed by atoms with Crippen LogP contribution < -0.4 is 15.4 Å². The van der Waals surface area contributed by atoms with Crippen molar-refractivity contribution in [2.45, 2.75) is 52.1 Å². The van der Waals surface area contributed by atoms with Crippen molar-refractivity contribution in [1.82, 2.24) is 15.5 Å². The zero-order valence-corrected chi connectivity index (χ0v) is 18.3. The van der Waals surface area contributed by atoms with Crippen molar-refractivity contribution in [2.75, 3.05) is 40.5 Å². The highest BCUT2D eigenvalue weighted by Crippen LogP contribution is 2.20. The van der Waals surface area contributed by atoms with Crippen LogP contribution in [0.1, 0.15) is 43.7 Å². The van der Waals surface area contributed by atoms with Crippen molar-refractivity contribution < 1.29 is 14.3 Å². The molecule has 1 aromatic rings. The van der Waals surface area contributed by atoms with Gasteiger partial charge in [-0.2, -0.15) is 0 Å². The number of benzene rings is 1. The Morgan fingerprint density at radius 1 is 1.28 bits per heavy atom. The number of rotatable bonds is 9. The summed E-state index contributed by atoms with van der Waals surface area (Å²) in [6.07, 6.45) is 3.91. The number of ether oxygens (including phenoxy) is 2. The van der Waals surface area contributed by atoms with Crippen molar-refractivity contribution in [1.29, 1.82) is 0 Å². The average molecular weight is 405 g/mol. The van der Waals surface area contributed by atoms with Gasteiger partial charge in [-0.3, -0.25) is 9.79 Å². The fourth-order valence-corrected chi connectivity index (χ4v) is 3.48. The monoisotopic (exact) mass is 404 g/mol. The van der Waals surface area contributed by atoms with Crippen LogP contribution >= 0.6 is 0 Å². The molecule has 29 heavy (non-hydrogen) atoms. The molecular weight excluding hydrogens is 368 g/mol. The van der Waals surface area contributed by atoms with E-state index in [1.54, 1.807) is 14.2 Å². The fourth-order valence-electron chi connectivity index (χ4n) is 3.48. The quantitative estimate of drug-likeness (QED) is 0.376. The maximum atomic E-state index is 12.5. The predicted octanol–water partition coefficient (Wildman–Crippen LogP) is 2.48. The second-order valence-corrected chi connectivity index (χ2v) is 7.49. The first-order chi connectivity index (χ1) is 14.0. The van der Waals surface area contributed by atoms with Gasteiger partial charge in [-0.25, -0.2) is 0 Å². The number of carbonyl (C=O) groups is 1. The van der Waals surface area contributed by atoms with E-state index in [9.17, 15) is 4.79 Å². The van der Waals surface area contributed by atoms with E-state index in [4.69, 9.17) is 9.47 Å². The van der Waals surface area contributed by atoms with Crippen molar-refractivity contribution in [3.63, 3.8) is 0 Å². The molecule has 7 nitrogen and oxygen atoms in total. The second-order valence-electron chi connectivity index (χ2n) is 7.49. The first-order valence-corrected chi connectivity index (χ1v) is 10.5. The van der Waals surface area contributed by atoms with Gasteiger partial charge in [0, 0.05) is 51.8 Å². The van der Waals surface area contributed by atoms with Crippen molar-refractivity contribution in [3.05, 3.63) is 29.3 Å². The molecule has 0 radical (unpaired) electrons. The Kier molecular flexibility index (Phi) is 9.77. The number of amides is 1. The summed E-state index contributed by atoms with van der Waals surface area (Å²) in [5.41, 5.74) is 2.20. The van der Waals surface area contributed by atoms with Crippen LogP contribution in [0.5, 0.6) is 5.75 Å². The van der Waals surface area contributed by atoms with Gasteiger partial charge in [-0.1, -0.05) is 12.1 Å². The van der Waals surface area contributed by atoms with Crippen LogP contribution in [0.15, 0.2) is 23.2 Å². The lowest BCUT2D eigenvalue weighted by atomic mass is 10.0. The SMILES string of the molecule is CN=C(NCCC(=O)N1CCCCC1C)NCc1ccc(C)cc1OCCOC. The van der Waals surface area contributed by atoms with E-state index >= 15 is 0 Å². The van der Waals surface area contributed by atoms with Crippen molar-refractivity contribution in [3.8, 4) is 5.75 Å². The van der Waals surface area contributed by atoms with Gasteiger partial charge in [-0.15, -0.1) is 0 Å². The highest BCUT2D eigenvalue weighted by atomic mass is 16.5. The van der Waals surface area contributed by atoms with E-state index in [0.717, 1.165) is 36.3 Å². The first kappa shape index (κ1) is 23.0. The van der Waals surface area contributed by atoms with E-state index < -0.39 is 0 Å². The van der Waals surface area contributed by atoms with Gasteiger partial charge in [0.1, 0.15) is 12.4 Å². The molecule has 1 aromatic carbocycles. The Hall–Kier alpha value is -2.28. The molecule has 0 aliphatic carbocycles. The Bertz CT molecular complexity index is 678. The fraction of sp³-hybridized carbons (Fsp3) is 0.636. The van der Waals surface area contributed by atoms with Crippen molar-refractivity contribution in [2.24, 2.45) is 4.99 Å². The van der Waals surface area contributed by atoms with Gasteiger partial charge in [0.15, 0.2) is 5.96 Å². The minimum absolute atomic E-state index is 0.215. The van der Waals surface area contributed by atoms with Gasteiger partial charge in [-0.05, 0) is 44.7 Å². The molecule has 1 atom stereocenters. The molecule has 1 unspecified atom stereocenters. The number of aliphatic imine (C=N–C) groups is 1. The summed E-state index contributed by atoms with van der Waals surface area (Å²) in [6.45, 7) is 7.27. The normalized spacial score (nSPS) is 17.2. The number of likely N-dealkylation sites (tertiary alicyclic amines) is 1. The number of nitrogens with one attached hydrogen (secondary N) is 2. The molecule has 7 heteroatoms. The summed E-state index contributed by atoms with van der Waals surface area (Å²) < 4.78 is 10.9. The lowest BCUT2D eigenvalue weighted by Crippen LogP contribution is -2.44. The maximum absolute atomic E-state index is 12.5. The Balaban J connectivity index is 1.81. The number of aryl methyl sites for hydroxylation is 1. The number of carbonyl (C=O) groups excluding carboxylic acids is 1. The molecule has 1 fully saturated rings. The molecular formula is C22H36N4O3. The first-order valence-electron chi connectivity index (χ1n) is 10.5. The van der Waals surface area contributed by atoms with E-state index in [0.29, 0.717) is 44.7 Å². The third-order valence-corrected chi connectivity index (χ3v) is 5.19. The van der Waals surface area contributed by atoms with Crippen LogP contribution in [-0.2, 0) is 16.1 Å². The molecule has 1 heterocycles. The summed E-state index contributed by atoms with van der Waals surface area (Å²) in [5.74, 6) is 1.74. The van der Waals surface area contributed by atoms with Gasteiger partial charge in [0.05, 0.1) is 6.61 Å². The molecule has 1 saturated heterocycles. The van der Waals surface area contributed by atoms with E-state index in [1.807, 2.05) is 17.9 Å². The minimum atomic E-state index is 0.215.